The van der Waals surface area contributed by atoms with E-state index in [4.69, 9.17) is 0 Å². The fourth-order valence-corrected chi connectivity index (χ4v) is 2.32. The Morgan fingerprint density at radius 3 is 2.19 bits per heavy atom. The van der Waals surface area contributed by atoms with E-state index in [1.807, 2.05) is 0 Å². The molecule has 0 aliphatic carbocycles. The summed E-state index contributed by atoms with van der Waals surface area (Å²) < 4.78 is 37.5. The third kappa shape index (κ3) is 2.69. The third-order valence-corrected chi connectivity index (χ3v) is 3.17. The van der Waals surface area contributed by atoms with Crippen LogP contribution in [0, 0.1) is 0 Å². The molecule has 0 saturated heterocycles. The van der Waals surface area contributed by atoms with Crippen LogP contribution in [0.4, 0.5) is 13.2 Å². The monoisotopic (exact) mass is 299 g/mol. The molecule has 112 valence electrons. The molecule has 1 aromatic rings. The summed E-state index contributed by atoms with van der Waals surface area (Å²) in [7, 11) is 0. The molecule has 0 bridgehead atoms. The van der Waals surface area contributed by atoms with Gasteiger partial charge in [-0.15, -0.1) is 0 Å². The lowest BCUT2D eigenvalue weighted by atomic mass is 9.94. The number of nitrogens with one attached hydrogen (secondary N) is 1. The Hall–Kier alpha value is -2.15. The van der Waals surface area contributed by atoms with Crippen molar-refractivity contribution in [3.05, 3.63) is 41.0 Å². The SMILES string of the molecule is CC(=O)C1=C(c2ccc(C(F)(F)F)cc2)C(=O)NC1(C)O. The summed E-state index contributed by atoms with van der Waals surface area (Å²) >= 11 is 0. The minimum atomic E-state index is -4.49. The zero-order valence-electron chi connectivity index (χ0n) is 11.2. The van der Waals surface area contributed by atoms with Gasteiger partial charge in [-0.1, -0.05) is 12.1 Å². The number of rotatable bonds is 2. The molecule has 2 rings (SSSR count). The molecule has 1 aliphatic rings. The Balaban J connectivity index is 2.56. The van der Waals surface area contributed by atoms with Crippen LogP contribution in [0.3, 0.4) is 0 Å². The molecule has 1 aromatic carbocycles. The van der Waals surface area contributed by atoms with Crippen LogP contribution in [-0.4, -0.2) is 22.5 Å². The smallest absolute Gasteiger partial charge is 0.367 e. The summed E-state index contributed by atoms with van der Waals surface area (Å²) in [5.74, 6) is -1.24. The molecule has 21 heavy (non-hydrogen) atoms. The van der Waals surface area contributed by atoms with Gasteiger partial charge in [-0.05, 0) is 31.5 Å². The van der Waals surface area contributed by atoms with Crippen molar-refractivity contribution in [2.45, 2.75) is 25.7 Å². The first-order valence-electron chi connectivity index (χ1n) is 6.02. The maximum Gasteiger partial charge on any atom is 0.416 e. The number of carbonyl (C=O) groups excluding carboxylic acids is 2. The molecule has 1 aliphatic heterocycles. The largest absolute Gasteiger partial charge is 0.416 e. The second-order valence-electron chi connectivity index (χ2n) is 4.91. The van der Waals surface area contributed by atoms with Crippen molar-refractivity contribution in [1.29, 1.82) is 0 Å². The van der Waals surface area contributed by atoms with Gasteiger partial charge in [0.25, 0.3) is 5.91 Å². The Kier molecular flexibility index (Phi) is 3.41. The van der Waals surface area contributed by atoms with Gasteiger partial charge >= 0.3 is 6.18 Å². The van der Waals surface area contributed by atoms with Gasteiger partial charge in [0.05, 0.1) is 16.7 Å². The minimum absolute atomic E-state index is 0.110. The van der Waals surface area contributed by atoms with Crippen LogP contribution in [0.2, 0.25) is 0 Å². The van der Waals surface area contributed by atoms with E-state index in [0.717, 1.165) is 24.3 Å². The van der Waals surface area contributed by atoms with E-state index >= 15 is 0 Å². The molecule has 1 heterocycles. The van der Waals surface area contributed by atoms with Crippen molar-refractivity contribution >= 4 is 17.3 Å². The summed E-state index contributed by atoms with van der Waals surface area (Å²) in [6, 6.07) is 3.84. The van der Waals surface area contributed by atoms with Crippen molar-refractivity contribution in [3.8, 4) is 0 Å². The van der Waals surface area contributed by atoms with Crippen LogP contribution in [-0.2, 0) is 15.8 Å². The lowest BCUT2D eigenvalue weighted by Gasteiger charge is -2.19. The Bertz CT molecular complexity index is 642. The van der Waals surface area contributed by atoms with E-state index < -0.39 is 29.2 Å². The normalized spacial score (nSPS) is 22.5. The highest BCUT2D eigenvalue weighted by Crippen LogP contribution is 2.34. The van der Waals surface area contributed by atoms with E-state index in [0.29, 0.717) is 0 Å². The number of carbonyl (C=O) groups is 2. The predicted octanol–water partition coefficient (Wildman–Crippen LogP) is 1.89. The first-order valence-corrected chi connectivity index (χ1v) is 6.02. The number of alkyl halides is 3. The number of hydrogen-bond acceptors (Lipinski definition) is 3. The van der Waals surface area contributed by atoms with Gasteiger partial charge in [0.2, 0.25) is 0 Å². The zero-order chi connectivity index (χ0) is 16.0. The molecule has 0 fully saturated rings. The first-order chi connectivity index (χ1) is 9.54. The molecule has 1 atom stereocenters. The van der Waals surface area contributed by atoms with Crippen LogP contribution in [0.25, 0.3) is 5.57 Å². The number of halogens is 3. The lowest BCUT2D eigenvalue weighted by molar-refractivity contribution is -0.137. The van der Waals surface area contributed by atoms with Crippen LogP contribution in [0.1, 0.15) is 25.0 Å². The zero-order valence-corrected chi connectivity index (χ0v) is 11.2. The highest BCUT2D eigenvalue weighted by atomic mass is 19.4. The van der Waals surface area contributed by atoms with E-state index in [1.165, 1.54) is 13.8 Å². The average molecular weight is 299 g/mol. The van der Waals surface area contributed by atoms with E-state index in [-0.39, 0.29) is 16.7 Å². The Morgan fingerprint density at radius 1 is 1.24 bits per heavy atom. The van der Waals surface area contributed by atoms with Crippen LogP contribution < -0.4 is 5.32 Å². The van der Waals surface area contributed by atoms with Gasteiger partial charge in [-0.25, -0.2) is 0 Å². The number of benzene rings is 1. The maximum absolute atomic E-state index is 12.5. The molecule has 0 radical (unpaired) electrons. The fourth-order valence-electron chi connectivity index (χ4n) is 2.32. The van der Waals surface area contributed by atoms with Crippen molar-refractivity contribution in [2.24, 2.45) is 0 Å². The van der Waals surface area contributed by atoms with E-state index in [2.05, 4.69) is 5.32 Å². The number of aliphatic hydroxyl groups is 1. The summed E-state index contributed by atoms with van der Waals surface area (Å²) in [4.78, 5) is 23.5. The molecule has 0 spiro atoms. The minimum Gasteiger partial charge on any atom is -0.367 e. The molecule has 1 amide bonds. The number of hydrogen-bond donors (Lipinski definition) is 2. The molecule has 1 unspecified atom stereocenters. The van der Waals surface area contributed by atoms with Crippen molar-refractivity contribution in [1.82, 2.24) is 5.32 Å². The second kappa shape index (κ2) is 4.70. The average Bonchev–Trinajstić information content (AvgIpc) is 2.57. The highest BCUT2D eigenvalue weighted by molar-refractivity contribution is 6.29. The molecule has 0 aromatic heterocycles. The molecule has 4 nitrogen and oxygen atoms in total. The van der Waals surface area contributed by atoms with Gasteiger partial charge in [-0.2, -0.15) is 13.2 Å². The molecular formula is C14H12F3NO3. The Labute approximate surface area is 118 Å². The summed E-state index contributed by atoms with van der Waals surface area (Å²) in [6.45, 7) is 2.41. The van der Waals surface area contributed by atoms with Gasteiger partial charge in [0.1, 0.15) is 0 Å². The van der Waals surface area contributed by atoms with Gasteiger partial charge in [0, 0.05) is 0 Å². The van der Waals surface area contributed by atoms with Crippen molar-refractivity contribution < 1.29 is 27.9 Å². The highest BCUT2D eigenvalue weighted by Gasteiger charge is 2.42. The summed E-state index contributed by atoms with van der Waals surface area (Å²) in [6.07, 6.45) is -4.49. The van der Waals surface area contributed by atoms with Gasteiger partial charge in [0.15, 0.2) is 11.5 Å². The molecule has 0 saturated carbocycles. The molecular weight excluding hydrogens is 287 g/mol. The summed E-state index contributed by atoms with van der Waals surface area (Å²) in [5, 5.41) is 12.2. The predicted molar refractivity (Wildman–Crippen MR) is 67.8 cm³/mol. The number of Topliss-reactive ketones (excluding diaryl/α,β-unsaturated/α-hetero) is 1. The van der Waals surface area contributed by atoms with Crippen LogP contribution in [0.15, 0.2) is 29.8 Å². The Morgan fingerprint density at radius 2 is 1.76 bits per heavy atom. The third-order valence-electron chi connectivity index (χ3n) is 3.17. The molecule has 7 heteroatoms. The number of ketones is 1. The standard InChI is InChI=1S/C14H12F3NO3/c1-7(19)11-10(12(20)18-13(11,2)21)8-3-5-9(6-4-8)14(15,16)17/h3-6,21H,1-2H3,(H,18,20). The van der Waals surface area contributed by atoms with Crippen LogP contribution >= 0.6 is 0 Å². The van der Waals surface area contributed by atoms with Crippen molar-refractivity contribution in [3.63, 3.8) is 0 Å². The molecule has 2 N–H and O–H groups in total. The van der Waals surface area contributed by atoms with E-state index in [9.17, 15) is 27.9 Å². The van der Waals surface area contributed by atoms with E-state index in [1.54, 1.807) is 0 Å². The second-order valence-corrected chi connectivity index (χ2v) is 4.91. The summed E-state index contributed by atoms with van der Waals surface area (Å²) in [5.41, 5.74) is -2.82. The first kappa shape index (κ1) is 15.2. The van der Waals surface area contributed by atoms with Crippen molar-refractivity contribution in [2.75, 3.05) is 0 Å². The van der Waals surface area contributed by atoms with Gasteiger partial charge in [-0.3, -0.25) is 9.59 Å². The van der Waals surface area contributed by atoms with Crippen LogP contribution in [0.5, 0.6) is 0 Å². The quantitative estimate of drug-likeness (QED) is 0.876. The maximum atomic E-state index is 12.5. The topological polar surface area (TPSA) is 66.4 Å². The number of amides is 1. The van der Waals surface area contributed by atoms with Gasteiger partial charge < -0.3 is 10.4 Å². The fraction of sp³-hybridized carbons (Fsp3) is 0.286. The lowest BCUT2D eigenvalue weighted by Crippen LogP contribution is -2.42.